The van der Waals surface area contributed by atoms with E-state index in [2.05, 4.69) is 10.1 Å². The normalized spacial score (nSPS) is 20.3. The predicted octanol–water partition coefficient (Wildman–Crippen LogP) is 3.06. The maximum atomic E-state index is 12.8. The number of aromatic nitrogens is 2. The Hall–Kier alpha value is -1.48. The summed E-state index contributed by atoms with van der Waals surface area (Å²) in [7, 11) is -3.45. The smallest absolute Gasteiger partial charge is 0.257 e. The Bertz CT molecular complexity index is 870. The second-order valence-corrected chi connectivity index (χ2v) is 9.21. The van der Waals surface area contributed by atoms with Crippen molar-refractivity contribution in [3.63, 3.8) is 0 Å². The summed E-state index contributed by atoms with van der Waals surface area (Å²) in [6.07, 6.45) is 6.81. The van der Waals surface area contributed by atoms with Crippen molar-refractivity contribution in [2.24, 2.45) is 5.73 Å². The summed E-state index contributed by atoms with van der Waals surface area (Å²) in [5.41, 5.74) is 6.44. The minimum atomic E-state index is -3.45. The highest BCUT2D eigenvalue weighted by atomic mass is 35.5. The SMILES string of the molecule is Cl.NC1(c2noc(-c3ccc(S(=O)(=O)N4CCCCCC4)cc3)n2)CCC1. The summed E-state index contributed by atoms with van der Waals surface area (Å²) in [6.45, 7) is 1.19. The van der Waals surface area contributed by atoms with Gasteiger partial charge in [-0.1, -0.05) is 18.0 Å². The molecular formula is C18H25ClN4O3S. The van der Waals surface area contributed by atoms with Gasteiger partial charge in [0, 0.05) is 18.7 Å². The molecule has 7 nitrogen and oxygen atoms in total. The number of nitrogens with zero attached hydrogens (tertiary/aromatic N) is 3. The molecule has 1 saturated carbocycles. The zero-order valence-electron chi connectivity index (χ0n) is 15.1. The molecule has 2 aromatic rings. The van der Waals surface area contributed by atoms with Crippen LogP contribution in [0.2, 0.25) is 0 Å². The largest absolute Gasteiger partial charge is 0.334 e. The Balaban J connectivity index is 0.00000210. The van der Waals surface area contributed by atoms with Gasteiger partial charge in [0.15, 0.2) is 5.82 Å². The molecule has 0 unspecified atom stereocenters. The highest BCUT2D eigenvalue weighted by Crippen LogP contribution is 2.37. The molecule has 0 spiro atoms. The molecule has 1 aromatic carbocycles. The van der Waals surface area contributed by atoms with Gasteiger partial charge in [-0.2, -0.15) is 9.29 Å². The minimum Gasteiger partial charge on any atom is -0.334 e. The Morgan fingerprint density at radius 2 is 1.63 bits per heavy atom. The van der Waals surface area contributed by atoms with Gasteiger partial charge in [-0.3, -0.25) is 0 Å². The van der Waals surface area contributed by atoms with Crippen molar-refractivity contribution >= 4 is 22.4 Å². The Morgan fingerprint density at radius 1 is 1.00 bits per heavy atom. The summed E-state index contributed by atoms with van der Waals surface area (Å²) in [5.74, 6) is 0.899. The van der Waals surface area contributed by atoms with Crippen molar-refractivity contribution in [2.75, 3.05) is 13.1 Å². The molecule has 2 aliphatic rings. The van der Waals surface area contributed by atoms with Crippen LogP contribution in [0.25, 0.3) is 11.5 Å². The summed E-state index contributed by atoms with van der Waals surface area (Å²) < 4.78 is 32.6. The van der Waals surface area contributed by atoms with Crippen molar-refractivity contribution in [1.82, 2.24) is 14.4 Å². The zero-order chi connectivity index (χ0) is 18.2. The first-order chi connectivity index (χ1) is 12.5. The van der Waals surface area contributed by atoms with Gasteiger partial charge in [-0.05, 0) is 56.4 Å². The molecule has 0 radical (unpaired) electrons. The van der Waals surface area contributed by atoms with E-state index in [1.54, 1.807) is 28.6 Å². The van der Waals surface area contributed by atoms with Gasteiger partial charge in [-0.25, -0.2) is 8.42 Å². The van der Waals surface area contributed by atoms with E-state index in [1.807, 2.05) is 0 Å². The lowest BCUT2D eigenvalue weighted by atomic mass is 9.77. The van der Waals surface area contributed by atoms with Crippen molar-refractivity contribution in [2.45, 2.75) is 55.4 Å². The second-order valence-electron chi connectivity index (χ2n) is 7.28. The maximum absolute atomic E-state index is 12.8. The molecule has 1 aliphatic heterocycles. The first-order valence-corrected chi connectivity index (χ1v) is 10.7. The van der Waals surface area contributed by atoms with Crippen LogP contribution < -0.4 is 5.73 Å². The number of hydrogen-bond donors (Lipinski definition) is 1. The Morgan fingerprint density at radius 3 is 2.19 bits per heavy atom. The van der Waals surface area contributed by atoms with Crippen LogP contribution >= 0.6 is 12.4 Å². The third kappa shape index (κ3) is 3.89. The average Bonchev–Trinajstić information content (AvgIpc) is 2.94. The lowest BCUT2D eigenvalue weighted by Crippen LogP contribution is -2.44. The number of rotatable bonds is 4. The lowest BCUT2D eigenvalue weighted by Gasteiger charge is -2.34. The van der Waals surface area contributed by atoms with Gasteiger partial charge < -0.3 is 10.3 Å². The molecule has 1 aliphatic carbocycles. The summed E-state index contributed by atoms with van der Waals surface area (Å²) in [6, 6.07) is 6.65. The number of halogens is 1. The topological polar surface area (TPSA) is 102 Å². The average molecular weight is 413 g/mol. The van der Waals surface area contributed by atoms with E-state index in [1.165, 1.54) is 0 Å². The van der Waals surface area contributed by atoms with E-state index in [0.717, 1.165) is 44.9 Å². The fourth-order valence-corrected chi connectivity index (χ4v) is 5.04. The van der Waals surface area contributed by atoms with Crippen LogP contribution in [0.4, 0.5) is 0 Å². The third-order valence-electron chi connectivity index (χ3n) is 5.42. The van der Waals surface area contributed by atoms with Gasteiger partial charge >= 0.3 is 0 Å². The summed E-state index contributed by atoms with van der Waals surface area (Å²) >= 11 is 0. The molecule has 2 fully saturated rings. The van der Waals surface area contributed by atoms with E-state index >= 15 is 0 Å². The highest BCUT2D eigenvalue weighted by Gasteiger charge is 2.39. The molecule has 9 heteroatoms. The molecule has 1 aromatic heterocycles. The number of hydrogen-bond acceptors (Lipinski definition) is 6. The highest BCUT2D eigenvalue weighted by molar-refractivity contribution is 7.89. The molecule has 0 atom stereocenters. The van der Waals surface area contributed by atoms with E-state index in [-0.39, 0.29) is 12.4 Å². The van der Waals surface area contributed by atoms with Crippen LogP contribution in [0.15, 0.2) is 33.7 Å². The van der Waals surface area contributed by atoms with Crippen molar-refractivity contribution in [3.8, 4) is 11.5 Å². The molecule has 148 valence electrons. The Labute approximate surface area is 165 Å². The van der Waals surface area contributed by atoms with E-state index in [9.17, 15) is 8.42 Å². The summed E-state index contributed by atoms with van der Waals surface area (Å²) in [5, 5.41) is 4.00. The molecule has 27 heavy (non-hydrogen) atoms. The third-order valence-corrected chi connectivity index (χ3v) is 7.33. The van der Waals surface area contributed by atoms with E-state index in [0.29, 0.717) is 35.3 Å². The first kappa shape index (κ1) is 20.3. The monoisotopic (exact) mass is 412 g/mol. The number of nitrogens with two attached hydrogens (primary N) is 1. The molecular weight excluding hydrogens is 388 g/mol. The van der Waals surface area contributed by atoms with E-state index < -0.39 is 15.6 Å². The fourth-order valence-electron chi connectivity index (χ4n) is 3.52. The fraction of sp³-hybridized carbons (Fsp3) is 0.556. The summed E-state index contributed by atoms with van der Waals surface area (Å²) in [4.78, 5) is 4.71. The second kappa shape index (κ2) is 7.87. The standard InChI is InChI=1S/C18H24N4O3S.ClH/c19-18(10-5-11-18)17-20-16(25-21-17)14-6-8-15(9-7-14)26(23,24)22-12-3-1-2-4-13-22;/h6-9H,1-5,10-13,19H2;1H. The lowest BCUT2D eigenvalue weighted by molar-refractivity contribution is 0.229. The quantitative estimate of drug-likeness (QED) is 0.827. The van der Waals surface area contributed by atoms with Crippen LogP contribution in [-0.4, -0.2) is 36.0 Å². The molecule has 1 saturated heterocycles. The molecule has 4 rings (SSSR count). The van der Waals surface area contributed by atoms with Crippen LogP contribution in [0, 0.1) is 0 Å². The van der Waals surface area contributed by atoms with Crippen molar-refractivity contribution in [3.05, 3.63) is 30.1 Å². The van der Waals surface area contributed by atoms with Crippen molar-refractivity contribution < 1.29 is 12.9 Å². The van der Waals surface area contributed by atoms with Crippen LogP contribution in [-0.2, 0) is 15.6 Å². The van der Waals surface area contributed by atoms with Gasteiger partial charge in [0.05, 0.1) is 10.4 Å². The minimum absolute atomic E-state index is 0. The van der Waals surface area contributed by atoms with E-state index in [4.69, 9.17) is 10.3 Å². The van der Waals surface area contributed by atoms with Gasteiger partial charge in [-0.15, -0.1) is 12.4 Å². The molecule has 0 bridgehead atoms. The van der Waals surface area contributed by atoms with Gasteiger partial charge in [0.2, 0.25) is 10.0 Å². The first-order valence-electron chi connectivity index (χ1n) is 9.23. The Kier molecular flexibility index (Phi) is 5.90. The van der Waals surface area contributed by atoms with Crippen LogP contribution in [0.3, 0.4) is 0 Å². The predicted molar refractivity (Wildman–Crippen MR) is 104 cm³/mol. The van der Waals surface area contributed by atoms with Crippen LogP contribution in [0.1, 0.15) is 50.8 Å². The number of benzene rings is 1. The molecule has 2 N–H and O–H groups in total. The van der Waals surface area contributed by atoms with Crippen molar-refractivity contribution in [1.29, 1.82) is 0 Å². The molecule has 2 heterocycles. The molecule has 0 amide bonds. The van der Waals surface area contributed by atoms with Gasteiger partial charge in [0.25, 0.3) is 5.89 Å². The maximum Gasteiger partial charge on any atom is 0.257 e. The van der Waals surface area contributed by atoms with Crippen LogP contribution in [0.5, 0.6) is 0 Å². The zero-order valence-corrected chi connectivity index (χ0v) is 16.8. The number of sulfonamides is 1. The van der Waals surface area contributed by atoms with Gasteiger partial charge in [0.1, 0.15) is 0 Å².